The minimum Gasteiger partial charge on any atom is -0.496 e. The van der Waals surface area contributed by atoms with Crippen LogP contribution >= 0.6 is 11.3 Å². The molecule has 2 aromatic heterocycles. The Bertz CT molecular complexity index is 1460. The van der Waals surface area contributed by atoms with E-state index in [1.165, 1.54) is 43.0 Å². The molecule has 230 valence electrons. The number of benzene rings is 1. The van der Waals surface area contributed by atoms with Crippen LogP contribution in [-0.4, -0.2) is 69.6 Å². The molecule has 0 aliphatic carbocycles. The Balaban J connectivity index is 1.37. The van der Waals surface area contributed by atoms with Gasteiger partial charge in [-0.2, -0.15) is 13.2 Å². The molecule has 0 spiro atoms. The number of carbonyl (C=O) groups is 2. The highest BCUT2D eigenvalue weighted by atomic mass is 32.1. The van der Waals surface area contributed by atoms with Crippen molar-refractivity contribution in [2.75, 3.05) is 37.0 Å². The number of anilines is 2. The van der Waals surface area contributed by atoms with Crippen LogP contribution in [-0.2, 0) is 17.5 Å². The van der Waals surface area contributed by atoms with Crippen LogP contribution in [0.3, 0.4) is 0 Å². The number of carboxylic acids is 1. The summed E-state index contributed by atoms with van der Waals surface area (Å²) >= 11 is 1.28. The summed E-state index contributed by atoms with van der Waals surface area (Å²) < 4.78 is 45.6. The van der Waals surface area contributed by atoms with Gasteiger partial charge in [-0.15, -0.1) is 0 Å². The summed E-state index contributed by atoms with van der Waals surface area (Å²) in [6.45, 7) is 4.66. The fourth-order valence-corrected chi connectivity index (χ4v) is 6.68. The number of rotatable bonds is 9. The van der Waals surface area contributed by atoms with Gasteiger partial charge in [0.2, 0.25) is 0 Å². The Morgan fingerprint density at radius 2 is 1.91 bits per heavy atom. The van der Waals surface area contributed by atoms with Gasteiger partial charge >= 0.3 is 12.1 Å². The molecule has 2 fully saturated rings. The molecule has 1 amide bonds. The number of carbonyl (C=O) groups excluding carboxylic acids is 1. The Labute approximate surface area is 250 Å². The van der Waals surface area contributed by atoms with E-state index in [-0.39, 0.29) is 17.4 Å². The maximum atomic E-state index is 13.5. The van der Waals surface area contributed by atoms with Gasteiger partial charge in [0.1, 0.15) is 17.3 Å². The molecule has 0 saturated carbocycles. The second-order valence-electron chi connectivity index (χ2n) is 10.7. The minimum absolute atomic E-state index is 0.0734. The van der Waals surface area contributed by atoms with Crippen molar-refractivity contribution in [3.8, 4) is 17.0 Å². The zero-order valence-electron chi connectivity index (χ0n) is 23.9. The van der Waals surface area contributed by atoms with Crippen molar-refractivity contribution in [3.63, 3.8) is 0 Å². The van der Waals surface area contributed by atoms with Crippen molar-refractivity contribution in [3.05, 3.63) is 46.7 Å². The number of halogens is 3. The number of hydrogen-bond acceptors (Lipinski definition) is 9. The highest BCUT2D eigenvalue weighted by Crippen LogP contribution is 2.41. The fourth-order valence-electron chi connectivity index (χ4n) is 5.68. The number of ether oxygens (including phenoxy) is 1. The van der Waals surface area contributed by atoms with E-state index in [0.29, 0.717) is 60.7 Å². The zero-order chi connectivity index (χ0) is 30.7. The van der Waals surface area contributed by atoms with Gasteiger partial charge in [0.05, 0.1) is 36.7 Å². The van der Waals surface area contributed by atoms with Crippen LogP contribution in [0, 0.1) is 5.92 Å². The van der Waals surface area contributed by atoms with E-state index in [1.54, 1.807) is 0 Å². The predicted octanol–water partition coefficient (Wildman–Crippen LogP) is 5.56. The lowest BCUT2D eigenvalue weighted by atomic mass is 9.97. The third kappa shape index (κ3) is 6.90. The van der Waals surface area contributed by atoms with E-state index >= 15 is 0 Å². The van der Waals surface area contributed by atoms with Crippen LogP contribution in [0.25, 0.3) is 11.3 Å². The largest absolute Gasteiger partial charge is 0.496 e. The number of aliphatic carboxylic acids is 1. The van der Waals surface area contributed by atoms with Crippen molar-refractivity contribution in [1.82, 2.24) is 19.9 Å². The molecule has 10 nitrogen and oxygen atoms in total. The number of nitrogens with one attached hydrogen (secondary N) is 1. The van der Waals surface area contributed by atoms with E-state index < -0.39 is 23.6 Å². The van der Waals surface area contributed by atoms with Crippen LogP contribution < -0.4 is 15.0 Å². The van der Waals surface area contributed by atoms with E-state index in [0.717, 1.165) is 36.8 Å². The number of alkyl halides is 3. The smallest absolute Gasteiger partial charge is 0.419 e. The summed E-state index contributed by atoms with van der Waals surface area (Å²) in [5.41, 5.74) is 0.145. The van der Waals surface area contributed by atoms with Crippen molar-refractivity contribution in [2.24, 2.45) is 5.92 Å². The summed E-state index contributed by atoms with van der Waals surface area (Å²) in [7, 11) is 1.20. The maximum Gasteiger partial charge on any atom is 0.419 e. The predicted molar refractivity (Wildman–Crippen MR) is 155 cm³/mol. The van der Waals surface area contributed by atoms with E-state index in [1.807, 2.05) is 4.90 Å². The highest BCUT2D eigenvalue weighted by molar-refractivity contribution is 7.16. The van der Waals surface area contributed by atoms with E-state index in [4.69, 9.17) is 4.74 Å². The third-order valence-electron chi connectivity index (χ3n) is 8.05. The van der Waals surface area contributed by atoms with E-state index in [9.17, 15) is 27.9 Å². The lowest BCUT2D eigenvalue weighted by molar-refractivity contribution is -0.142. The molecular weight excluding hydrogens is 585 g/mol. The topological polar surface area (TPSA) is 121 Å². The molecular formula is C29H33F3N6O4S. The van der Waals surface area contributed by atoms with Crippen molar-refractivity contribution < 1.29 is 32.6 Å². The summed E-state index contributed by atoms with van der Waals surface area (Å²) in [5, 5.41) is 12.3. The van der Waals surface area contributed by atoms with Gasteiger partial charge in [-0.3, -0.25) is 19.8 Å². The van der Waals surface area contributed by atoms with Crippen molar-refractivity contribution in [1.29, 1.82) is 0 Å². The number of amides is 1. The number of methoxy groups -OCH3 is 1. The second kappa shape index (κ2) is 12.8. The quantitative estimate of drug-likeness (QED) is 0.318. The minimum atomic E-state index is -4.57. The SMILES string of the molecule is CC[C@@H]1CCCN1Cc1sc(NC(=O)c2cnc(N3CCC(C(=O)O)CC3)cn2)nc1-c1ccc(C(F)(F)F)c(OC)c1. The number of aromatic nitrogens is 3. The van der Waals surface area contributed by atoms with Crippen LogP contribution in [0.1, 0.15) is 60.0 Å². The van der Waals surface area contributed by atoms with Gasteiger partial charge in [0.25, 0.3) is 5.91 Å². The molecule has 0 unspecified atom stereocenters. The van der Waals surface area contributed by atoms with Gasteiger partial charge in [-0.05, 0) is 50.8 Å². The molecule has 0 radical (unpaired) electrons. The average molecular weight is 619 g/mol. The summed E-state index contributed by atoms with van der Waals surface area (Å²) in [6, 6.07) is 4.10. The molecule has 14 heteroatoms. The monoisotopic (exact) mass is 618 g/mol. The molecule has 2 saturated heterocycles. The Hall–Kier alpha value is -3.78. The molecule has 1 atom stereocenters. The molecule has 5 rings (SSSR count). The number of hydrogen-bond donors (Lipinski definition) is 2. The first-order valence-corrected chi connectivity index (χ1v) is 15.0. The molecule has 43 heavy (non-hydrogen) atoms. The molecule has 3 aromatic rings. The second-order valence-corrected chi connectivity index (χ2v) is 11.8. The average Bonchev–Trinajstić information content (AvgIpc) is 3.62. The van der Waals surface area contributed by atoms with Gasteiger partial charge in [0.15, 0.2) is 5.13 Å². The normalized spacial score (nSPS) is 18.2. The number of nitrogens with zero attached hydrogens (tertiary/aromatic N) is 5. The molecule has 1 aromatic carbocycles. The molecule has 4 heterocycles. The van der Waals surface area contributed by atoms with Crippen LogP contribution in [0.2, 0.25) is 0 Å². The number of likely N-dealkylation sites (tertiary alicyclic amines) is 1. The van der Waals surface area contributed by atoms with Crippen molar-refractivity contribution in [2.45, 2.75) is 57.8 Å². The van der Waals surface area contributed by atoms with Gasteiger partial charge in [-0.25, -0.2) is 15.0 Å². The lowest BCUT2D eigenvalue weighted by Gasteiger charge is -2.30. The first-order valence-electron chi connectivity index (χ1n) is 14.2. The Morgan fingerprint density at radius 1 is 1.14 bits per heavy atom. The maximum absolute atomic E-state index is 13.5. The number of carboxylic acid groups (broad SMARTS) is 1. The molecule has 0 bridgehead atoms. The number of piperidine rings is 1. The first kappa shape index (κ1) is 30.7. The fraction of sp³-hybridized carbons (Fsp3) is 0.483. The Morgan fingerprint density at radius 3 is 2.53 bits per heavy atom. The summed E-state index contributed by atoms with van der Waals surface area (Å²) in [4.78, 5) is 42.7. The Kier molecular flexibility index (Phi) is 9.16. The highest BCUT2D eigenvalue weighted by Gasteiger charge is 2.35. The van der Waals surface area contributed by atoms with Crippen LogP contribution in [0.15, 0.2) is 30.6 Å². The lowest BCUT2D eigenvalue weighted by Crippen LogP contribution is -2.36. The summed E-state index contributed by atoms with van der Waals surface area (Å²) in [6.07, 6.45) is 2.43. The first-order chi connectivity index (χ1) is 20.6. The van der Waals surface area contributed by atoms with Crippen LogP contribution in [0.4, 0.5) is 24.1 Å². The van der Waals surface area contributed by atoms with Gasteiger partial charge in [0, 0.05) is 36.1 Å². The number of thiazole rings is 1. The van der Waals surface area contributed by atoms with Crippen LogP contribution in [0.5, 0.6) is 5.75 Å². The van der Waals surface area contributed by atoms with Gasteiger partial charge < -0.3 is 14.7 Å². The zero-order valence-corrected chi connectivity index (χ0v) is 24.7. The van der Waals surface area contributed by atoms with Crippen molar-refractivity contribution >= 4 is 34.2 Å². The van der Waals surface area contributed by atoms with Gasteiger partial charge in [-0.1, -0.05) is 24.3 Å². The molecule has 2 aliphatic rings. The van der Waals surface area contributed by atoms with E-state index in [2.05, 4.69) is 32.1 Å². The third-order valence-corrected chi connectivity index (χ3v) is 9.01. The summed E-state index contributed by atoms with van der Waals surface area (Å²) in [5.74, 6) is -1.43. The molecule has 2 N–H and O–H groups in total. The molecule has 2 aliphatic heterocycles. The standard InChI is InChI=1S/C29H33F3N6O4S/c1-3-19-5-4-10-38(19)16-23-25(18-6-7-20(29(30,31)32)22(13-18)42-2)35-28(43-23)36-26(39)21-14-34-24(15-33-21)37-11-8-17(9-12-37)27(40)41/h6-7,13-15,17,19H,3-5,8-12,16H2,1-2H3,(H,40,41)(H,35,36,39)/t19-/m1/s1.